The van der Waals surface area contributed by atoms with Crippen molar-refractivity contribution in [3.05, 3.63) is 77.0 Å². The highest BCUT2D eigenvalue weighted by atomic mass is 35.5. The standard InChI is InChI=1S/C24H26ClN5O3S/c1-3-4-7-14-34(32,33)28-24(31)22-11-10-21-23(27-22)30(17(2)26-21)16-18-8-9-19(15-20(18)25)29-12-5-6-13-29/h5-6,8-13,15H,3-4,7,14,16H2,1-2H3,(H,28,31). The maximum Gasteiger partial charge on any atom is 0.283 e. The molecule has 1 amide bonds. The highest BCUT2D eigenvalue weighted by Crippen LogP contribution is 2.24. The Bertz CT molecular complexity index is 1430. The normalized spacial score (nSPS) is 11.7. The average Bonchev–Trinajstić information content (AvgIpc) is 3.43. The molecule has 8 nitrogen and oxygen atoms in total. The number of nitrogens with one attached hydrogen (secondary N) is 1. The zero-order valence-electron chi connectivity index (χ0n) is 19.0. The van der Waals surface area contributed by atoms with Crippen LogP contribution in [0.15, 0.2) is 54.9 Å². The van der Waals surface area contributed by atoms with Crippen molar-refractivity contribution in [3.8, 4) is 5.69 Å². The second-order valence-electron chi connectivity index (χ2n) is 8.11. The van der Waals surface area contributed by atoms with Crippen molar-refractivity contribution >= 4 is 38.7 Å². The number of fused-ring (bicyclic) bond motifs is 1. The van der Waals surface area contributed by atoms with E-state index in [1.165, 1.54) is 6.07 Å². The lowest BCUT2D eigenvalue weighted by Crippen LogP contribution is -2.33. The summed E-state index contributed by atoms with van der Waals surface area (Å²) in [7, 11) is -3.72. The Balaban J connectivity index is 1.59. The highest BCUT2D eigenvalue weighted by Gasteiger charge is 2.19. The average molecular weight is 500 g/mol. The minimum absolute atomic E-state index is 0.0155. The minimum Gasteiger partial charge on any atom is -0.324 e. The van der Waals surface area contributed by atoms with Gasteiger partial charge in [-0.05, 0) is 55.3 Å². The molecule has 0 aliphatic heterocycles. The van der Waals surface area contributed by atoms with Crippen LogP contribution in [0, 0.1) is 6.92 Å². The van der Waals surface area contributed by atoms with Gasteiger partial charge in [0.15, 0.2) is 5.65 Å². The fraction of sp³-hybridized carbons (Fsp3) is 0.292. The minimum atomic E-state index is -3.72. The van der Waals surface area contributed by atoms with Crippen LogP contribution >= 0.6 is 11.6 Å². The quantitative estimate of drug-likeness (QED) is 0.342. The number of benzene rings is 1. The first-order valence-electron chi connectivity index (χ1n) is 11.1. The van der Waals surface area contributed by atoms with Gasteiger partial charge < -0.3 is 9.13 Å². The van der Waals surface area contributed by atoms with Gasteiger partial charge in [-0.15, -0.1) is 0 Å². The molecule has 34 heavy (non-hydrogen) atoms. The Hall–Kier alpha value is -3.17. The number of nitrogens with zero attached hydrogens (tertiary/aromatic N) is 4. The van der Waals surface area contributed by atoms with Crippen molar-refractivity contribution in [2.75, 3.05) is 5.75 Å². The van der Waals surface area contributed by atoms with E-state index in [0.29, 0.717) is 35.0 Å². The van der Waals surface area contributed by atoms with E-state index >= 15 is 0 Å². The predicted molar refractivity (Wildman–Crippen MR) is 133 cm³/mol. The Kier molecular flexibility index (Phi) is 7.04. The molecule has 0 atom stereocenters. The first-order chi connectivity index (χ1) is 16.3. The number of carbonyl (C=O) groups excluding carboxylic acids is 1. The van der Waals surface area contributed by atoms with Crippen molar-refractivity contribution in [3.63, 3.8) is 0 Å². The number of carbonyl (C=O) groups is 1. The van der Waals surface area contributed by atoms with Crippen LogP contribution in [0.5, 0.6) is 0 Å². The van der Waals surface area contributed by atoms with Crippen molar-refractivity contribution in [2.45, 2.75) is 39.7 Å². The predicted octanol–water partition coefficient (Wildman–Crippen LogP) is 4.48. The van der Waals surface area contributed by atoms with Gasteiger partial charge in [-0.2, -0.15) is 0 Å². The first-order valence-corrected chi connectivity index (χ1v) is 13.1. The summed E-state index contributed by atoms with van der Waals surface area (Å²) in [5.41, 5.74) is 2.93. The summed E-state index contributed by atoms with van der Waals surface area (Å²) in [5, 5.41) is 0.597. The summed E-state index contributed by atoms with van der Waals surface area (Å²) in [6.45, 7) is 4.24. The molecule has 0 saturated carbocycles. The van der Waals surface area contributed by atoms with Gasteiger partial charge >= 0.3 is 0 Å². The summed E-state index contributed by atoms with van der Waals surface area (Å²) < 4.78 is 30.4. The van der Waals surface area contributed by atoms with Gasteiger partial charge in [-0.1, -0.05) is 37.4 Å². The van der Waals surface area contributed by atoms with E-state index in [1.54, 1.807) is 6.07 Å². The lowest BCUT2D eigenvalue weighted by atomic mass is 10.2. The van der Waals surface area contributed by atoms with Gasteiger partial charge in [0, 0.05) is 23.1 Å². The van der Waals surface area contributed by atoms with E-state index in [0.717, 1.165) is 24.1 Å². The topological polar surface area (TPSA) is 98.9 Å². The number of pyridine rings is 1. The largest absolute Gasteiger partial charge is 0.324 e. The molecular weight excluding hydrogens is 474 g/mol. The summed E-state index contributed by atoms with van der Waals surface area (Å²) >= 11 is 6.57. The summed E-state index contributed by atoms with van der Waals surface area (Å²) in [5.74, 6) is -0.140. The number of sulfonamides is 1. The molecule has 1 aromatic carbocycles. The van der Waals surface area contributed by atoms with Crippen LogP contribution in [-0.4, -0.2) is 39.2 Å². The van der Waals surface area contributed by atoms with Crippen LogP contribution in [0.1, 0.15) is 48.1 Å². The fourth-order valence-electron chi connectivity index (χ4n) is 3.72. The molecule has 10 heteroatoms. The van der Waals surface area contributed by atoms with Crippen LogP contribution in [-0.2, 0) is 16.6 Å². The Morgan fingerprint density at radius 1 is 1.09 bits per heavy atom. The zero-order valence-corrected chi connectivity index (χ0v) is 20.6. The molecular formula is C24H26ClN5O3S. The maximum absolute atomic E-state index is 12.6. The van der Waals surface area contributed by atoms with E-state index in [4.69, 9.17) is 11.6 Å². The van der Waals surface area contributed by atoms with Gasteiger partial charge in [-0.3, -0.25) is 4.79 Å². The van der Waals surface area contributed by atoms with Crippen molar-refractivity contribution in [1.29, 1.82) is 0 Å². The van der Waals surface area contributed by atoms with Crippen molar-refractivity contribution < 1.29 is 13.2 Å². The lowest BCUT2D eigenvalue weighted by Gasteiger charge is -2.11. The van der Waals surface area contributed by atoms with E-state index in [2.05, 4.69) is 14.7 Å². The molecule has 0 unspecified atom stereocenters. The second kappa shape index (κ2) is 9.99. The number of halogens is 1. The van der Waals surface area contributed by atoms with E-state index in [9.17, 15) is 13.2 Å². The molecule has 0 saturated heterocycles. The molecule has 178 valence electrons. The zero-order chi connectivity index (χ0) is 24.3. The number of hydrogen-bond acceptors (Lipinski definition) is 5. The number of rotatable bonds is 9. The van der Waals surface area contributed by atoms with E-state index in [-0.39, 0.29) is 11.4 Å². The SMILES string of the molecule is CCCCCS(=O)(=O)NC(=O)c1ccc2nc(C)n(Cc3ccc(-n4cccc4)cc3Cl)c2n1. The second-order valence-corrected chi connectivity index (χ2v) is 10.4. The number of hydrogen-bond donors (Lipinski definition) is 1. The number of aryl methyl sites for hydroxylation is 1. The molecule has 0 spiro atoms. The number of amides is 1. The third-order valence-electron chi connectivity index (χ3n) is 5.55. The van der Waals surface area contributed by atoms with Crippen LogP contribution in [0.3, 0.4) is 0 Å². The van der Waals surface area contributed by atoms with E-state index in [1.807, 2.05) is 65.7 Å². The van der Waals surface area contributed by atoms with Gasteiger partial charge in [0.1, 0.15) is 17.0 Å². The molecule has 4 aromatic rings. The smallest absolute Gasteiger partial charge is 0.283 e. The highest BCUT2D eigenvalue weighted by molar-refractivity contribution is 7.90. The molecule has 0 bridgehead atoms. The third kappa shape index (κ3) is 5.31. The number of aromatic nitrogens is 4. The van der Waals surface area contributed by atoms with E-state index < -0.39 is 15.9 Å². The summed E-state index contributed by atoms with van der Waals surface area (Å²) in [6.07, 6.45) is 6.07. The fourth-order valence-corrected chi connectivity index (χ4v) is 5.03. The van der Waals surface area contributed by atoms with Crippen LogP contribution in [0.4, 0.5) is 0 Å². The van der Waals surface area contributed by atoms with Crippen LogP contribution in [0.2, 0.25) is 5.02 Å². The Morgan fingerprint density at radius 2 is 1.85 bits per heavy atom. The van der Waals surface area contributed by atoms with Gasteiger partial charge in [0.2, 0.25) is 10.0 Å². The molecule has 0 radical (unpaired) electrons. The lowest BCUT2D eigenvalue weighted by molar-refractivity contribution is 0.0977. The molecule has 0 aliphatic carbocycles. The first kappa shape index (κ1) is 24.0. The number of unbranched alkanes of at least 4 members (excludes halogenated alkanes) is 2. The summed E-state index contributed by atoms with van der Waals surface area (Å²) in [4.78, 5) is 21.6. The molecule has 4 rings (SSSR count). The monoisotopic (exact) mass is 499 g/mol. The maximum atomic E-state index is 12.6. The summed E-state index contributed by atoms with van der Waals surface area (Å²) in [6, 6.07) is 12.8. The molecule has 0 fully saturated rings. The Morgan fingerprint density at radius 3 is 2.56 bits per heavy atom. The van der Waals surface area contributed by atoms with Crippen LogP contribution < -0.4 is 4.72 Å². The van der Waals surface area contributed by atoms with Crippen molar-refractivity contribution in [1.82, 2.24) is 23.8 Å². The van der Waals surface area contributed by atoms with Crippen molar-refractivity contribution in [2.24, 2.45) is 0 Å². The molecule has 3 aromatic heterocycles. The molecule has 0 aliphatic rings. The third-order valence-corrected chi connectivity index (χ3v) is 7.22. The Labute approximate surface area is 203 Å². The number of imidazole rings is 1. The molecule has 1 N–H and O–H groups in total. The van der Waals surface area contributed by atoms with Gasteiger partial charge in [0.05, 0.1) is 12.3 Å². The molecule has 3 heterocycles. The van der Waals surface area contributed by atoms with Crippen LogP contribution in [0.25, 0.3) is 16.9 Å². The van der Waals surface area contributed by atoms with Gasteiger partial charge in [-0.25, -0.2) is 23.1 Å². The van der Waals surface area contributed by atoms with Gasteiger partial charge in [0.25, 0.3) is 5.91 Å².